The lowest BCUT2D eigenvalue weighted by atomic mass is 10.2. The molecule has 0 aromatic heterocycles. The fourth-order valence-electron chi connectivity index (χ4n) is 2.98. The van der Waals surface area contributed by atoms with Gasteiger partial charge in [-0.05, 0) is 53.6 Å². The van der Waals surface area contributed by atoms with Gasteiger partial charge in [-0.1, -0.05) is 19.0 Å². The number of benzene rings is 1. The van der Waals surface area contributed by atoms with E-state index in [0.29, 0.717) is 11.6 Å². The van der Waals surface area contributed by atoms with Crippen molar-refractivity contribution in [2.45, 2.75) is 26.3 Å². The van der Waals surface area contributed by atoms with Crippen molar-refractivity contribution in [2.24, 2.45) is 10.9 Å². The third-order valence-corrected chi connectivity index (χ3v) is 4.82. The van der Waals surface area contributed by atoms with Gasteiger partial charge in [0.15, 0.2) is 5.84 Å². The summed E-state index contributed by atoms with van der Waals surface area (Å²) < 4.78 is 0.979. The third kappa shape index (κ3) is 3.49. The first-order valence-electron chi connectivity index (χ1n) is 7.37. The average Bonchev–Trinajstić information content (AvgIpc) is 2.97. The third-order valence-electron chi connectivity index (χ3n) is 4.18. The van der Waals surface area contributed by atoms with Gasteiger partial charge >= 0.3 is 0 Å². The first-order valence-corrected chi connectivity index (χ1v) is 8.16. The molecule has 2 rings (SSSR count). The molecule has 1 saturated heterocycles. The van der Waals surface area contributed by atoms with Gasteiger partial charge in [0, 0.05) is 29.2 Å². The Morgan fingerprint density at radius 3 is 2.76 bits per heavy atom. The van der Waals surface area contributed by atoms with Crippen LogP contribution in [-0.4, -0.2) is 48.2 Å². The fraction of sp³-hybridized carbons (Fsp3) is 0.533. The quantitative estimate of drug-likeness (QED) is 0.369. The molecule has 0 saturated carbocycles. The standard InChI is InChI=1S/C15H23BrN4O/c1-3-19(4-2)12-7-8-20(10-12)14-6-5-11(9-13(14)16)15(17)18-21/h5-6,9,12,21H,3-4,7-8,10H2,1-2H3,(H2,17,18). The summed E-state index contributed by atoms with van der Waals surface area (Å²) in [4.78, 5) is 4.90. The molecule has 3 N–H and O–H groups in total. The van der Waals surface area contributed by atoms with Crippen molar-refractivity contribution in [3.8, 4) is 0 Å². The van der Waals surface area contributed by atoms with Gasteiger partial charge in [0.2, 0.25) is 0 Å². The van der Waals surface area contributed by atoms with Gasteiger partial charge in [0.1, 0.15) is 0 Å². The van der Waals surface area contributed by atoms with Gasteiger partial charge < -0.3 is 15.8 Å². The summed E-state index contributed by atoms with van der Waals surface area (Å²) in [5, 5.41) is 11.8. The van der Waals surface area contributed by atoms with Crippen molar-refractivity contribution < 1.29 is 5.21 Å². The molecule has 1 unspecified atom stereocenters. The lowest BCUT2D eigenvalue weighted by Gasteiger charge is -2.27. The number of halogens is 1. The highest BCUT2D eigenvalue weighted by Crippen LogP contribution is 2.31. The average molecular weight is 355 g/mol. The fourth-order valence-corrected chi connectivity index (χ4v) is 3.61. The van der Waals surface area contributed by atoms with Crippen LogP contribution in [0.15, 0.2) is 27.8 Å². The highest BCUT2D eigenvalue weighted by atomic mass is 79.9. The van der Waals surface area contributed by atoms with E-state index in [-0.39, 0.29) is 5.84 Å². The van der Waals surface area contributed by atoms with Crippen molar-refractivity contribution in [3.63, 3.8) is 0 Å². The van der Waals surface area contributed by atoms with E-state index in [9.17, 15) is 0 Å². The normalized spacial score (nSPS) is 19.5. The first kappa shape index (κ1) is 16.1. The van der Waals surface area contributed by atoms with Crippen LogP contribution < -0.4 is 10.6 Å². The second-order valence-electron chi connectivity index (χ2n) is 5.26. The van der Waals surface area contributed by atoms with Gasteiger partial charge in [-0.25, -0.2) is 0 Å². The van der Waals surface area contributed by atoms with E-state index in [0.717, 1.165) is 30.7 Å². The molecule has 0 radical (unpaired) electrons. The Morgan fingerprint density at radius 2 is 2.19 bits per heavy atom. The van der Waals surface area contributed by atoms with Crippen molar-refractivity contribution in [3.05, 3.63) is 28.2 Å². The smallest absolute Gasteiger partial charge is 0.170 e. The Hall–Kier alpha value is -1.27. The highest BCUT2D eigenvalue weighted by molar-refractivity contribution is 9.10. The molecule has 1 heterocycles. The number of rotatable bonds is 5. The summed E-state index contributed by atoms with van der Waals surface area (Å²) >= 11 is 3.60. The summed E-state index contributed by atoms with van der Waals surface area (Å²) in [5.74, 6) is 0.129. The minimum atomic E-state index is 0.129. The lowest BCUT2D eigenvalue weighted by Crippen LogP contribution is -2.37. The van der Waals surface area contributed by atoms with Crippen LogP contribution >= 0.6 is 15.9 Å². The Balaban J connectivity index is 2.13. The molecule has 0 aliphatic carbocycles. The van der Waals surface area contributed by atoms with Crippen LogP contribution in [0.2, 0.25) is 0 Å². The molecule has 116 valence electrons. The molecule has 6 heteroatoms. The van der Waals surface area contributed by atoms with Gasteiger partial charge in [0.05, 0.1) is 5.69 Å². The first-order chi connectivity index (χ1) is 10.1. The second kappa shape index (κ2) is 7.13. The molecule has 1 aromatic carbocycles. The molecule has 0 spiro atoms. The SMILES string of the molecule is CCN(CC)C1CCN(c2ccc(/C(N)=N/O)cc2Br)C1. The van der Waals surface area contributed by atoms with Gasteiger partial charge in [-0.15, -0.1) is 0 Å². The Labute approximate surface area is 134 Å². The minimum absolute atomic E-state index is 0.129. The van der Waals surface area contributed by atoms with E-state index in [4.69, 9.17) is 10.9 Å². The van der Waals surface area contributed by atoms with E-state index >= 15 is 0 Å². The molecule has 1 aliphatic heterocycles. The van der Waals surface area contributed by atoms with Crippen molar-refractivity contribution >= 4 is 27.5 Å². The molecule has 1 aliphatic rings. The van der Waals surface area contributed by atoms with Gasteiger partial charge in [-0.2, -0.15) is 0 Å². The zero-order valence-corrected chi connectivity index (χ0v) is 14.2. The van der Waals surface area contributed by atoms with Gasteiger partial charge in [-0.3, -0.25) is 4.90 Å². The Bertz CT molecular complexity index is 516. The second-order valence-corrected chi connectivity index (χ2v) is 6.12. The van der Waals surface area contributed by atoms with E-state index in [1.165, 1.54) is 12.1 Å². The minimum Gasteiger partial charge on any atom is -0.409 e. The maximum absolute atomic E-state index is 8.74. The van der Waals surface area contributed by atoms with Crippen LogP contribution in [0.4, 0.5) is 5.69 Å². The van der Waals surface area contributed by atoms with Crippen LogP contribution in [0.3, 0.4) is 0 Å². The summed E-state index contributed by atoms with van der Waals surface area (Å²) in [7, 11) is 0. The number of hydrogen-bond acceptors (Lipinski definition) is 4. The highest BCUT2D eigenvalue weighted by Gasteiger charge is 2.27. The number of amidine groups is 1. The molecule has 0 bridgehead atoms. The molecule has 5 nitrogen and oxygen atoms in total. The van der Waals surface area contributed by atoms with Crippen LogP contribution in [0.1, 0.15) is 25.8 Å². The maximum Gasteiger partial charge on any atom is 0.170 e. The summed E-state index contributed by atoms with van der Waals surface area (Å²) in [5.41, 5.74) is 7.50. The van der Waals surface area contributed by atoms with Crippen LogP contribution in [-0.2, 0) is 0 Å². The number of likely N-dealkylation sites (N-methyl/N-ethyl adjacent to an activating group) is 1. The predicted molar refractivity (Wildman–Crippen MR) is 90.2 cm³/mol. The van der Waals surface area contributed by atoms with Crippen molar-refractivity contribution in [2.75, 3.05) is 31.1 Å². The lowest BCUT2D eigenvalue weighted by molar-refractivity contribution is 0.232. The number of hydrogen-bond donors (Lipinski definition) is 2. The zero-order valence-electron chi connectivity index (χ0n) is 12.6. The van der Waals surface area contributed by atoms with Crippen LogP contribution in [0.25, 0.3) is 0 Å². The monoisotopic (exact) mass is 354 g/mol. The summed E-state index contributed by atoms with van der Waals surface area (Å²) in [6.07, 6.45) is 1.19. The van der Waals surface area contributed by atoms with E-state index in [1.807, 2.05) is 18.2 Å². The van der Waals surface area contributed by atoms with Crippen molar-refractivity contribution in [1.82, 2.24) is 4.90 Å². The molecular weight excluding hydrogens is 332 g/mol. The Kier molecular flexibility index (Phi) is 5.47. The van der Waals surface area contributed by atoms with Crippen LogP contribution in [0.5, 0.6) is 0 Å². The summed E-state index contributed by atoms with van der Waals surface area (Å²) in [6.45, 7) is 8.73. The topological polar surface area (TPSA) is 65.1 Å². The number of anilines is 1. The number of nitrogens with two attached hydrogens (primary N) is 1. The number of nitrogens with zero attached hydrogens (tertiary/aromatic N) is 3. The molecule has 1 fully saturated rings. The van der Waals surface area contributed by atoms with E-state index < -0.39 is 0 Å². The Morgan fingerprint density at radius 1 is 1.48 bits per heavy atom. The molecule has 1 aromatic rings. The van der Waals surface area contributed by atoms with Crippen molar-refractivity contribution in [1.29, 1.82) is 0 Å². The predicted octanol–water partition coefficient (Wildman–Crippen LogP) is 2.46. The zero-order chi connectivity index (χ0) is 15.4. The van der Waals surface area contributed by atoms with E-state index in [2.05, 4.69) is 44.7 Å². The molecule has 1 atom stereocenters. The molecule has 0 amide bonds. The molecular formula is C15H23BrN4O. The summed E-state index contributed by atoms with van der Waals surface area (Å²) in [6, 6.07) is 6.44. The largest absolute Gasteiger partial charge is 0.409 e. The number of oxime groups is 1. The van der Waals surface area contributed by atoms with Crippen LogP contribution in [0, 0.1) is 0 Å². The van der Waals surface area contributed by atoms with E-state index in [1.54, 1.807) is 0 Å². The maximum atomic E-state index is 8.74. The van der Waals surface area contributed by atoms with Gasteiger partial charge in [0.25, 0.3) is 0 Å². The molecule has 21 heavy (non-hydrogen) atoms.